The number of fused-ring (bicyclic) bond motifs is 2. The molecule has 2 atom stereocenters. The van der Waals surface area contributed by atoms with E-state index in [4.69, 9.17) is 9.47 Å². The average molecular weight is 241 g/mol. The van der Waals surface area contributed by atoms with Crippen LogP contribution in [0, 0.1) is 5.41 Å². The lowest BCUT2D eigenvalue weighted by atomic mass is 9.80. The second kappa shape index (κ2) is 4.84. The lowest BCUT2D eigenvalue weighted by Crippen LogP contribution is -2.50. The number of likely N-dealkylation sites (tertiary alicyclic amines) is 1. The van der Waals surface area contributed by atoms with E-state index in [9.17, 15) is 5.11 Å². The van der Waals surface area contributed by atoms with E-state index in [0.717, 1.165) is 45.7 Å². The molecule has 0 aromatic carbocycles. The summed E-state index contributed by atoms with van der Waals surface area (Å²) in [5.74, 6) is 0. The van der Waals surface area contributed by atoms with Crippen LogP contribution in [0.5, 0.6) is 0 Å². The second-order valence-corrected chi connectivity index (χ2v) is 5.92. The molecule has 0 amide bonds. The van der Waals surface area contributed by atoms with Crippen LogP contribution in [-0.4, -0.2) is 61.7 Å². The number of ether oxygens (including phenoxy) is 2. The van der Waals surface area contributed by atoms with E-state index in [1.165, 1.54) is 12.8 Å². The SMILES string of the molecule is OCC1(CN2CC3CCC(C2)O3)CCOCC1. The number of aliphatic hydroxyl groups is 1. The number of hydrogen-bond donors (Lipinski definition) is 1. The lowest BCUT2D eigenvalue weighted by molar-refractivity contribution is -0.0780. The summed E-state index contributed by atoms with van der Waals surface area (Å²) in [5.41, 5.74) is 0.0784. The van der Waals surface area contributed by atoms with Crippen LogP contribution in [0.2, 0.25) is 0 Å². The second-order valence-electron chi connectivity index (χ2n) is 5.92. The highest BCUT2D eigenvalue weighted by molar-refractivity contribution is 4.90. The van der Waals surface area contributed by atoms with Crippen molar-refractivity contribution >= 4 is 0 Å². The largest absolute Gasteiger partial charge is 0.396 e. The Hall–Kier alpha value is -0.160. The van der Waals surface area contributed by atoms with Gasteiger partial charge in [0.25, 0.3) is 0 Å². The minimum Gasteiger partial charge on any atom is -0.396 e. The molecule has 4 nitrogen and oxygen atoms in total. The molecule has 0 spiro atoms. The highest BCUT2D eigenvalue weighted by atomic mass is 16.5. The molecule has 3 heterocycles. The Morgan fingerprint density at radius 2 is 1.76 bits per heavy atom. The van der Waals surface area contributed by atoms with E-state index in [-0.39, 0.29) is 5.41 Å². The van der Waals surface area contributed by atoms with Crippen molar-refractivity contribution in [2.24, 2.45) is 5.41 Å². The molecule has 3 fully saturated rings. The minimum absolute atomic E-state index is 0.0784. The third-order valence-electron chi connectivity index (χ3n) is 4.57. The van der Waals surface area contributed by atoms with E-state index in [2.05, 4.69) is 4.90 Å². The van der Waals surface area contributed by atoms with Crippen LogP contribution in [0.25, 0.3) is 0 Å². The highest BCUT2D eigenvalue weighted by Gasteiger charge is 2.39. The molecule has 4 heteroatoms. The van der Waals surface area contributed by atoms with Gasteiger partial charge in [0.1, 0.15) is 0 Å². The number of rotatable bonds is 3. The summed E-state index contributed by atoms with van der Waals surface area (Å²) in [6.45, 7) is 5.03. The van der Waals surface area contributed by atoms with E-state index in [1.54, 1.807) is 0 Å². The van der Waals surface area contributed by atoms with Gasteiger partial charge in [-0.3, -0.25) is 4.90 Å². The van der Waals surface area contributed by atoms with Crippen molar-refractivity contribution < 1.29 is 14.6 Å². The topological polar surface area (TPSA) is 41.9 Å². The quantitative estimate of drug-likeness (QED) is 0.787. The van der Waals surface area contributed by atoms with Gasteiger partial charge in [-0.1, -0.05) is 0 Å². The highest BCUT2D eigenvalue weighted by Crippen LogP contribution is 2.34. The Morgan fingerprint density at radius 1 is 1.12 bits per heavy atom. The van der Waals surface area contributed by atoms with Crippen molar-refractivity contribution in [3.8, 4) is 0 Å². The van der Waals surface area contributed by atoms with Gasteiger partial charge in [-0.25, -0.2) is 0 Å². The zero-order valence-electron chi connectivity index (χ0n) is 10.4. The molecule has 2 unspecified atom stereocenters. The summed E-state index contributed by atoms with van der Waals surface area (Å²) in [7, 11) is 0. The predicted octanol–water partition coefficient (Wildman–Crippen LogP) is 0.639. The Morgan fingerprint density at radius 3 is 2.35 bits per heavy atom. The first-order chi connectivity index (χ1) is 8.30. The summed E-state index contributed by atoms with van der Waals surface area (Å²) in [4.78, 5) is 2.51. The number of aliphatic hydroxyl groups excluding tert-OH is 1. The summed E-state index contributed by atoms with van der Waals surface area (Å²) >= 11 is 0. The maximum atomic E-state index is 9.71. The maximum Gasteiger partial charge on any atom is 0.0707 e. The van der Waals surface area contributed by atoms with Crippen molar-refractivity contribution in [2.45, 2.75) is 37.9 Å². The van der Waals surface area contributed by atoms with Crippen molar-refractivity contribution in [1.82, 2.24) is 4.90 Å². The number of nitrogens with zero attached hydrogens (tertiary/aromatic N) is 1. The van der Waals surface area contributed by atoms with E-state index < -0.39 is 0 Å². The van der Waals surface area contributed by atoms with E-state index >= 15 is 0 Å². The van der Waals surface area contributed by atoms with Crippen molar-refractivity contribution in [3.63, 3.8) is 0 Å². The fourth-order valence-electron chi connectivity index (χ4n) is 3.47. The van der Waals surface area contributed by atoms with Gasteiger partial charge in [-0.2, -0.15) is 0 Å². The molecular weight excluding hydrogens is 218 g/mol. The Labute approximate surface area is 103 Å². The van der Waals surface area contributed by atoms with Crippen molar-refractivity contribution in [1.29, 1.82) is 0 Å². The van der Waals surface area contributed by atoms with Crippen molar-refractivity contribution in [2.75, 3.05) is 39.5 Å². The molecular formula is C13H23NO3. The van der Waals surface area contributed by atoms with E-state index in [1.807, 2.05) is 0 Å². The summed E-state index contributed by atoms with van der Waals surface area (Å²) in [6.07, 6.45) is 5.33. The minimum atomic E-state index is 0.0784. The summed E-state index contributed by atoms with van der Waals surface area (Å²) in [6, 6.07) is 0. The molecule has 0 saturated carbocycles. The first-order valence-electron chi connectivity index (χ1n) is 6.86. The Bertz CT molecular complexity index is 253. The molecule has 0 aromatic rings. The summed E-state index contributed by atoms with van der Waals surface area (Å²) < 4.78 is 11.3. The van der Waals surface area contributed by atoms with Crippen LogP contribution in [0.3, 0.4) is 0 Å². The monoisotopic (exact) mass is 241 g/mol. The van der Waals surface area contributed by atoms with Gasteiger partial charge in [-0.05, 0) is 25.7 Å². The zero-order chi connectivity index (χ0) is 11.7. The van der Waals surface area contributed by atoms with Gasteiger partial charge in [0.15, 0.2) is 0 Å². The smallest absolute Gasteiger partial charge is 0.0707 e. The van der Waals surface area contributed by atoms with Crippen molar-refractivity contribution in [3.05, 3.63) is 0 Å². The molecule has 1 N–H and O–H groups in total. The number of morpholine rings is 1. The van der Waals surface area contributed by atoms with Crippen LogP contribution >= 0.6 is 0 Å². The van der Waals surface area contributed by atoms with E-state index in [0.29, 0.717) is 18.8 Å². The van der Waals surface area contributed by atoms with Gasteiger partial charge < -0.3 is 14.6 Å². The molecule has 0 aliphatic carbocycles. The standard InChI is InChI=1S/C13H23NO3/c15-10-13(3-5-16-6-4-13)9-14-7-11-1-2-12(8-14)17-11/h11-12,15H,1-10H2. The maximum absolute atomic E-state index is 9.71. The summed E-state index contributed by atoms with van der Waals surface area (Å²) in [5, 5.41) is 9.71. The van der Waals surface area contributed by atoms with Crippen LogP contribution < -0.4 is 0 Å². The molecule has 98 valence electrons. The molecule has 0 radical (unpaired) electrons. The van der Waals surface area contributed by atoms with Crippen LogP contribution in [0.4, 0.5) is 0 Å². The first kappa shape index (κ1) is 11.9. The van der Waals surface area contributed by atoms with Crippen LogP contribution in [0.15, 0.2) is 0 Å². The fraction of sp³-hybridized carbons (Fsp3) is 1.00. The lowest BCUT2D eigenvalue weighted by Gasteiger charge is -2.42. The average Bonchev–Trinajstić information content (AvgIpc) is 2.70. The molecule has 3 saturated heterocycles. The third-order valence-corrected chi connectivity index (χ3v) is 4.57. The van der Waals surface area contributed by atoms with Crippen LogP contribution in [-0.2, 0) is 9.47 Å². The molecule has 3 rings (SSSR count). The van der Waals surface area contributed by atoms with Gasteiger partial charge >= 0.3 is 0 Å². The molecule has 17 heavy (non-hydrogen) atoms. The third kappa shape index (κ3) is 2.50. The zero-order valence-corrected chi connectivity index (χ0v) is 10.4. The Balaban J connectivity index is 1.61. The molecule has 2 bridgehead atoms. The number of hydrogen-bond acceptors (Lipinski definition) is 4. The first-order valence-corrected chi connectivity index (χ1v) is 6.86. The van der Waals surface area contributed by atoms with Gasteiger partial charge in [0.05, 0.1) is 18.8 Å². The molecule has 3 aliphatic rings. The van der Waals surface area contributed by atoms with Crippen LogP contribution in [0.1, 0.15) is 25.7 Å². The normalized spacial score (nSPS) is 37.2. The predicted molar refractivity (Wildman–Crippen MR) is 63.9 cm³/mol. The Kier molecular flexibility index (Phi) is 3.39. The fourth-order valence-corrected chi connectivity index (χ4v) is 3.47. The molecule has 3 aliphatic heterocycles. The van der Waals surface area contributed by atoms with Gasteiger partial charge in [0, 0.05) is 38.3 Å². The van der Waals surface area contributed by atoms with Gasteiger partial charge in [-0.15, -0.1) is 0 Å². The van der Waals surface area contributed by atoms with Gasteiger partial charge in [0.2, 0.25) is 0 Å². The molecule has 0 aromatic heterocycles.